The van der Waals surface area contributed by atoms with Gasteiger partial charge in [0.1, 0.15) is 0 Å². The third-order valence-electron chi connectivity index (χ3n) is 3.60. The van der Waals surface area contributed by atoms with E-state index in [1.165, 1.54) is 0 Å². The molecular weight excluding hydrogens is 283 g/mol. The number of carbonyl (C=O) groups excluding carboxylic acids is 1. The van der Waals surface area contributed by atoms with Gasteiger partial charge >= 0.3 is 0 Å². The fourth-order valence-electron chi connectivity index (χ4n) is 2.47. The highest BCUT2D eigenvalue weighted by molar-refractivity contribution is 6.39. The van der Waals surface area contributed by atoms with Crippen molar-refractivity contribution in [3.8, 4) is 0 Å². The third kappa shape index (κ3) is 3.22. The van der Waals surface area contributed by atoms with Crippen molar-refractivity contribution < 1.29 is 4.79 Å². The summed E-state index contributed by atoms with van der Waals surface area (Å²) in [6.07, 6.45) is 2.11. The molecule has 1 heterocycles. The number of carbonyl (C=O) groups is 1. The minimum atomic E-state index is -0.228. The van der Waals surface area contributed by atoms with Crippen molar-refractivity contribution in [1.29, 1.82) is 0 Å². The summed E-state index contributed by atoms with van der Waals surface area (Å²) in [5.41, 5.74) is 0.412. The topological polar surface area (TPSA) is 41.1 Å². The van der Waals surface area contributed by atoms with Crippen molar-refractivity contribution >= 4 is 34.8 Å². The van der Waals surface area contributed by atoms with E-state index in [-0.39, 0.29) is 17.4 Å². The van der Waals surface area contributed by atoms with Gasteiger partial charge in [-0.25, -0.2) is 0 Å². The molecule has 1 aromatic rings. The van der Waals surface area contributed by atoms with Crippen molar-refractivity contribution in [2.24, 2.45) is 5.41 Å². The van der Waals surface area contributed by atoms with E-state index < -0.39 is 0 Å². The van der Waals surface area contributed by atoms with Crippen LogP contribution >= 0.6 is 23.2 Å². The molecule has 104 valence electrons. The smallest absolute Gasteiger partial charge is 0.242 e. The maximum Gasteiger partial charge on any atom is 0.242 e. The van der Waals surface area contributed by atoms with Crippen LogP contribution in [-0.4, -0.2) is 18.5 Å². The largest absolute Gasteiger partial charge is 0.322 e. The lowest BCUT2D eigenvalue weighted by Gasteiger charge is -2.38. The van der Waals surface area contributed by atoms with Gasteiger partial charge in [0.05, 0.1) is 21.8 Å². The highest BCUT2D eigenvalue weighted by atomic mass is 35.5. The van der Waals surface area contributed by atoms with Crippen LogP contribution in [-0.2, 0) is 4.79 Å². The van der Waals surface area contributed by atoms with Crippen LogP contribution in [0.15, 0.2) is 18.2 Å². The number of nitrogens with one attached hydrogen (secondary N) is 2. The summed E-state index contributed by atoms with van der Waals surface area (Å²) >= 11 is 12.1. The molecule has 2 N–H and O–H groups in total. The van der Waals surface area contributed by atoms with Crippen molar-refractivity contribution in [2.45, 2.75) is 32.7 Å². The molecule has 0 radical (unpaired) electrons. The van der Waals surface area contributed by atoms with Gasteiger partial charge in [0.25, 0.3) is 0 Å². The van der Waals surface area contributed by atoms with Crippen LogP contribution < -0.4 is 10.6 Å². The molecule has 5 heteroatoms. The molecule has 1 atom stereocenters. The Balaban J connectivity index is 2.17. The molecule has 0 aromatic heterocycles. The second kappa shape index (κ2) is 5.70. The average Bonchev–Trinajstić information content (AvgIpc) is 2.33. The molecule has 3 nitrogen and oxygen atoms in total. The molecular formula is C14H18Cl2N2O. The molecule has 0 bridgehead atoms. The van der Waals surface area contributed by atoms with Gasteiger partial charge in [0.15, 0.2) is 0 Å². The lowest BCUT2D eigenvalue weighted by atomic mass is 9.77. The van der Waals surface area contributed by atoms with Gasteiger partial charge in [-0.1, -0.05) is 43.1 Å². The summed E-state index contributed by atoms with van der Waals surface area (Å²) in [5, 5.41) is 7.02. The van der Waals surface area contributed by atoms with Gasteiger partial charge in [-0.3, -0.25) is 4.79 Å². The molecule has 1 saturated heterocycles. The fraction of sp³-hybridized carbons (Fsp3) is 0.500. The van der Waals surface area contributed by atoms with Crippen molar-refractivity contribution in [1.82, 2.24) is 5.32 Å². The Morgan fingerprint density at radius 1 is 1.37 bits per heavy atom. The first-order valence-corrected chi connectivity index (χ1v) is 7.16. The van der Waals surface area contributed by atoms with Gasteiger partial charge in [0, 0.05) is 0 Å². The average molecular weight is 301 g/mol. The molecule has 19 heavy (non-hydrogen) atoms. The highest BCUT2D eigenvalue weighted by Gasteiger charge is 2.37. The summed E-state index contributed by atoms with van der Waals surface area (Å²) in [4.78, 5) is 12.4. The van der Waals surface area contributed by atoms with Gasteiger partial charge in [-0.2, -0.15) is 0 Å². The van der Waals surface area contributed by atoms with Crippen LogP contribution in [0.4, 0.5) is 5.69 Å². The van der Waals surface area contributed by atoms with Crippen LogP contribution in [0.25, 0.3) is 0 Å². The Bertz CT molecular complexity index is 468. The predicted octanol–water partition coefficient (Wildman–Crippen LogP) is 3.71. The van der Waals surface area contributed by atoms with Crippen LogP contribution in [0.2, 0.25) is 10.0 Å². The molecule has 1 aromatic carbocycles. The molecule has 1 aliphatic rings. The van der Waals surface area contributed by atoms with E-state index in [9.17, 15) is 4.79 Å². The lowest BCUT2D eigenvalue weighted by molar-refractivity contribution is -0.121. The molecule has 1 unspecified atom stereocenters. The van der Waals surface area contributed by atoms with E-state index in [1.54, 1.807) is 18.2 Å². The van der Waals surface area contributed by atoms with Crippen LogP contribution in [0.3, 0.4) is 0 Å². The molecule has 2 rings (SSSR count). The Morgan fingerprint density at radius 2 is 2.00 bits per heavy atom. The number of hydrogen-bond acceptors (Lipinski definition) is 2. The Labute approximate surface area is 123 Å². The fourth-order valence-corrected chi connectivity index (χ4v) is 2.96. The normalized spacial score (nSPS) is 22.0. The quantitative estimate of drug-likeness (QED) is 0.874. The standard InChI is InChI=1S/C14H18Cl2N2O/c1-14(2)7-4-8-17-12(14)13(19)18-11-9(15)5-3-6-10(11)16/h3,5-6,12,17H,4,7-8H2,1-2H3,(H,18,19). The summed E-state index contributed by atoms with van der Waals surface area (Å²) in [7, 11) is 0. The van der Waals surface area contributed by atoms with Crippen molar-refractivity contribution in [3.05, 3.63) is 28.2 Å². The number of anilines is 1. The minimum absolute atomic E-state index is 0.0733. The summed E-state index contributed by atoms with van der Waals surface area (Å²) in [5.74, 6) is -0.0836. The van der Waals surface area contributed by atoms with Crippen LogP contribution in [0.5, 0.6) is 0 Å². The van der Waals surface area contributed by atoms with Crippen molar-refractivity contribution in [2.75, 3.05) is 11.9 Å². The number of hydrogen-bond donors (Lipinski definition) is 2. The van der Waals surface area contributed by atoms with Crippen LogP contribution in [0.1, 0.15) is 26.7 Å². The second-order valence-electron chi connectivity index (χ2n) is 5.57. The lowest BCUT2D eigenvalue weighted by Crippen LogP contribution is -2.53. The van der Waals surface area contributed by atoms with E-state index in [2.05, 4.69) is 24.5 Å². The highest BCUT2D eigenvalue weighted by Crippen LogP contribution is 2.33. The zero-order valence-corrected chi connectivity index (χ0v) is 12.6. The molecule has 0 aliphatic carbocycles. The number of benzene rings is 1. The zero-order valence-electron chi connectivity index (χ0n) is 11.1. The number of piperidine rings is 1. The first-order valence-electron chi connectivity index (χ1n) is 6.40. The molecule has 1 amide bonds. The van der Waals surface area contributed by atoms with Crippen LogP contribution in [0, 0.1) is 5.41 Å². The maximum atomic E-state index is 12.4. The Morgan fingerprint density at radius 3 is 2.58 bits per heavy atom. The van der Waals surface area contributed by atoms with E-state index in [1.807, 2.05) is 0 Å². The first kappa shape index (κ1) is 14.6. The van der Waals surface area contributed by atoms with Gasteiger partial charge in [0.2, 0.25) is 5.91 Å². The number of halogens is 2. The number of amides is 1. The Hall–Kier alpha value is -0.770. The molecule has 1 aliphatic heterocycles. The molecule has 0 saturated carbocycles. The number of para-hydroxylation sites is 1. The Kier molecular flexibility index (Phi) is 4.39. The monoisotopic (exact) mass is 300 g/mol. The first-order chi connectivity index (χ1) is 8.92. The zero-order chi connectivity index (χ0) is 14.0. The van der Waals surface area contributed by atoms with E-state index >= 15 is 0 Å². The second-order valence-corrected chi connectivity index (χ2v) is 6.38. The molecule has 1 fully saturated rings. The van der Waals surface area contributed by atoms with Gasteiger partial charge < -0.3 is 10.6 Å². The SMILES string of the molecule is CC1(C)CCCNC1C(=O)Nc1c(Cl)cccc1Cl. The number of rotatable bonds is 2. The summed E-state index contributed by atoms with van der Waals surface area (Å²) in [6.45, 7) is 5.05. The third-order valence-corrected chi connectivity index (χ3v) is 4.23. The van der Waals surface area contributed by atoms with E-state index in [4.69, 9.17) is 23.2 Å². The van der Waals surface area contributed by atoms with Crippen molar-refractivity contribution in [3.63, 3.8) is 0 Å². The minimum Gasteiger partial charge on any atom is -0.322 e. The maximum absolute atomic E-state index is 12.4. The summed E-state index contributed by atoms with van der Waals surface area (Å²) < 4.78 is 0. The summed E-state index contributed by atoms with van der Waals surface area (Å²) in [6, 6.07) is 4.95. The predicted molar refractivity (Wildman–Crippen MR) is 79.9 cm³/mol. The van der Waals surface area contributed by atoms with Gasteiger partial charge in [-0.05, 0) is 36.9 Å². The van der Waals surface area contributed by atoms with E-state index in [0.717, 1.165) is 19.4 Å². The van der Waals surface area contributed by atoms with E-state index in [0.29, 0.717) is 15.7 Å². The molecule has 0 spiro atoms. The van der Waals surface area contributed by atoms with Gasteiger partial charge in [-0.15, -0.1) is 0 Å².